The molecule has 0 fully saturated rings. The van der Waals surface area contributed by atoms with Gasteiger partial charge in [0.25, 0.3) is 0 Å². The summed E-state index contributed by atoms with van der Waals surface area (Å²) in [5.41, 5.74) is 11.8. The molecule has 12 heteroatoms. The topological polar surface area (TPSA) is 158 Å². The summed E-state index contributed by atoms with van der Waals surface area (Å²) in [5.74, 6) is 1.49. The van der Waals surface area contributed by atoms with E-state index in [2.05, 4.69) is 62.7 Å². The summed E-state index contributed by atoms with van der Waals surface area (Å²) >= 11 is 0. The number of anilines is 4. The molecule has 0 saturated heterocycles. The van der Waals surface area contributed by atoms with E-state index in [0.29, 0.717) is 23.1 Å². The molecule has 3 aromatic heterocycles. The molecule has 6 rings (SSSR count). The number of carbonyl (C=O) groups is 1. The van der Waals surface area contributed by atoms with Crippen molar-refractivity contribution in [2.45, 2.75) is 32.6 Å². The molecule has 5 N–H and O–H groups in total. The van der Waals surface area contributed by atoms with Crippen LogP contribution in [0, 0.1) is 0 Å². The fourth-order valence-electron chi connectivity index (χ4n) is 4.54. The van der Waals surface area contributed by atoms with E-state index in [0.717, 1.165) is 41.2 Å². The number of amides is 2. The van der Waals surface area contributed by atoms with Gasteiger partial charge < -0.3 is 21.1 Å². The maximum absolute atomic E-state index is 13.0. The molecule has 5 aromatic rings. The molecule has 0 unspecified atom stereocenters. The molecule has 0 atom stereocenters. The zero-order valence-corrected chi connectivity index (χ0v) is 23.4. The number of urea groups is 1. The number of nitrogens with one attached hydrogen (secondary N) is 3. The summed E-state index contributed by atoms with van der Waals surface area (Å²) in [7, 11) is 0. The highest BCUT2D eigenvalue weighted by atomic mass is 16.5. The van der Waals surface area contributed by atoms with Gasteiger partial charge in [-0.1, -0.05) is 32.9 Å². The van der Waals surface area contributed by atoms with Crippen LogP contribution in [0.4, 0.5) is 27.8 Å². The summed E-state index contributed by atoms with van der Waals surface area (Å²) in [5, 5.41) is 13.9. The van der Waals surface area contributed by atoms with Gasteiger partial charge in [0.1, 0.15) is 23.7 Å². The molecule has 1 aliphatic rings. The zero-order chi connectivity index (χ0) is 29.3. The Balaban J connectivity index is 1.13. The van der Waals surface area contributed by atoms with Crippen molar-refractivity contribution in [3.63, 3.8) is 0 Å². The van der Waals surface area contributed by atoms with Crippen molar-refractivity contribution in [2.75, 3.05) is 28.2 Å². The van der Waals surface area contributed by atoms with Crippen molar-refractivity contribution < 1.29 is 9.53 Å². The van der Waals surface area contributed by atoms with Gasteiger partial charge in [-0.25, -0.2) is 29.4 Å². The third-order valence-corrected chi connectivity index (χ3v) is 6.77. The molecule has 0 radical (unpaired) electrons. The fourth-order valence-corrected chi connectivity index (χ4v) is 4.54. The SMILES string of the molecule is CC(C)(C)c1cc(NC(=O)Nc2cnc(Oc3ccc(-c4cncnc4N)cc3)nc2)n(-c2ccc3c(c2)CCN3)n1. The highest BCUT2D eigenvalue weighted by molar-refractivity contribution is 5.99. The standard InChI is InChI=1S/C30H30N10O2/c1-30(2,3)25-13-26(40(39-25)21-6-9-24-19(12-21)10-11-33-24)38-28(41)37-20-14-34-29(35-15-20)42-22-7-4-18(5-8-22)23-16-32-17-36-27(23)31/h4-9,12-17,33H,10-11H2,1-3H3,(H2,31,32,36)(H2,37,38,41). The third kappa shape index (κ3) is 5.68. The van der Waals surface area contributed by atoms with Crippen LogP contribution in [0.2, 0.25) is 0 Å². The van der Waals surface area contributed by atoms with Gasteiger partial charge in [0.05, 0.1) is 29.5 Å². The maximum atomic E-state index is 13.0. The molecule has 0 saturated carbocycles. The predicted molar refractivity (Wildman–Crippen MR) is 161 cm³/mol. The number of nitrogens with zero attached hydrogens (tertiary/aromatic N) is 6. The molecule has 2 aromatic carbocycles. The summed E-state index contributed by atoms with van der Waals surface area (Å²) in [6.45, 7) is 7.16. The lowest BCUT2D eigenvalue weighted by Gasteiger charge is -2.14. The van der Waals surface area contributed by atoms with E-state index in [1.54, 1.807) is 23.0 Å². The molecule has 2 amide bonds. The first-order valence-electron chi connectivity index (χ1n) is 13.4. The quantitative estimate of drug-likeness (QED) is 0.212. The Hall–Kier alpha value is -5.52. The first kappa shape index (κ1) is 26.7. The molecule has 0 aliphatic carbocycles. The Bertz CT molecular complexity index is 1740. The van der Waals surface area contributed by atoms with Gasteiger partial charge in [-0.3, -0.25) is 5.32 Å². The number of rotatable bonds is 6. The van der Waals surface area contributed by atoms with Crippen molar-refractivity contribution in [1.82, 2.24) is 29.7 Å². The van der Waals surface area contributed by atoms with Gasteiger partial charge in [0, 0.05) is 35.5 Å². The van der Waals surface area contributed by atoms with Crippen LogP contribution in [0.5, 0.6) is 11.8 Å². The monoisotopic (exact) mass is 562 g/mol. The lowest BCUT2D eigenvalue weighted by atomic mass is 9.92. The lowest BCUT2D eigenvalue weighted by Crippen LogP contribution is -2.21. The first-order valence-corrected chi connectivity index (χ1v) is 13.4. The van der Waals surface area contributed by atoms with E-state index in [1.165, 1.54) is 24.3 Å². The van der Waals surface area contributed by atoms with Crippen LogP contribution in [0.15, 0.2) is 73.4 Å². The van der Waals surface area contributed by atoms with E-state index >= 15 is 0 Å². The van der Waals surface area contributed by atoms with Crippen molar-refractivity contribution in [1.29, 1.82) is 0 Å². The van der Waals surface area contributed by atoms with Gasteiger partial charge in [0.2, 0.25) is 0 Å². The Morgan fingerprint density at radius 2 is 1.79 bits per heavy atom. The smallest absolute Gasteiger partial charge is 0.324 e. The van der Waals surface area contributed by atoms with Crippen molar-refractivity contribution in [3.05, 3.63) is 84.7 Å². The Morgan fingerprint density at radius 3 is 2.52 bits per heavy atom. The minimum absolute atomic E-state index is 0.135. The number of benzene rings is 2. The minimum Gasteiger partial charge on any atom is -0.424 e. The van der Waals surface area contributed by atoms with E-state index in [9.17, 15) is 4.79 Å². The van der Waals surface area contributed by atoms with Crippen LogP contribution >= 0.6 is 0 Å². The average molecular weight is 563 g/mol. The van der Waals surface area contributed by atoms with E-state index in [-0.39, 0.29) is 11.4 Å². The van der Waals surface area contributed by atoms with E-state index in [1.807, 2.05) is 30.3 Å². The normalized spacial score (nSPS) is 12.4. The van der Waals surface area contributed by atoms with Gasteiger partial charge in [-0.15, -0.1) is 0 Å². The second-order valence-electron chi connectivity index (χ2n) is 10.9. The largest absolute Gasteiger partial charge is 0.424 e. The highest BCUT2D eigenvalue weighted by Crippen LogP contribution is 2.30. The number of hydrogen-bond donors (Lipinski definition) is 4. The van der Waals surface area contributed by atoms with Crippen LogP contribution in [0.25, 0.3) is 16.8 Å². The summed E-state index contributed by atoms with van der Waals surface area (Å²) in [6, 6.07) is 15.0. The minimum atomic E-state index is -0.448. The number of nitrogens with two attached hydrogens (primary N) is 1. The number of nitrogen functional groups attached to an aromatic ring is 1. The highest BCUT2D eigenvalue weighted by Gasteiger charge is 2.22. The van der Waals surface area contributed by atoms with E-state index < -0.39 is 6.03 Å². The maximum Gasteiger partial charge on any atom is 0.324 e. The number of hydrogen-bond acceptors (Lipinski definition) is 9. The number of carbonyl (C=O) groups excluding carboxylic acids is 1. The summed E-state index contributed by atoms with van der Waals surface area (Å²) < 4.78 is 7.52. The molecule has 4 heterocycles. The van der Waals surface area contributed by atoms with Gasteiger partial charge in [-0.05, 0) is 47.9 Å². The van der Waals surface area contributed by atoms with Crippen molar-refractivity contribution >= 4 is 29.0 Å². The molecule has 12 nitrogen and oxygen atoms in total. The third-order valence-electron chi connectivity index (χ3n) is 6.77. The molecule has 1 aliphatic heterocycles. The summed E-state index contributed by atoms with van der Waals surface area (Å²) in [4.78, 5) is 29.5. The molecule has 42 heavy (non-hydrogen) atoms. The number of fused-ring (bicyclic) bond motifs is 1. The van der Waals surface area contributed by atoms with Crippen LogP contribution in [0.1, 0.15) is 32.0 Å². The molecular formula is C30H30N10O2. The van der Waals surface area contributed by atoms with E-state index in [4.69, 9.17) is 15.6 Å². The zero-order valence-electron chi connectivity index (χ0n) is 23.4. The summed E-state index contributed by atoms with van der Waals surface area (Å²) in [6.07, 6.45) is 6.96. The number of aromatic nitrogens is 6. The van der Waals surface area contributed by atoms with Crippen LogP contribution < -0.4 is 26.4 Å². The van der Waals surface area contributed by atoms with Gasteiger partial charge in [-0.2, -0.15) is 5.10 Å². The van der Waals surface area contributed by atoms with Crippen molar-refractivity contribution in [3.8, 4) is 28.6 Å². The molecule has 212 valence electrons. The van der Waals surface area contributed by atoms with Crippen LogP contribution in [-0.4, -0.2) is 42.3 Å². The van der Waals surface area contributed by atoms with Gasteiger partial charge in [0.15, 0.2) is 0 Å². The number of ether oxygens (including phenoxy) is 1. The Kier molecular flexibility index (Phi) is 6.87. The van der Waals surface area contributed by atoms with Gasteiger partial charge >= 0.3 is 12.0 Å². The fraction of sp³-hybridized carbons (Fsp3) is 0.200. The Morgan fingerprint density at radius 1 is 1.00 bits per heavy atom. The average Bonchev–Trinajstić information content (AvgIpc) is 3.62. The predicted octanol–water partition coefficient (Wildman–Crippen LogP) is 5.40. The first-order chi connectivity index (χ1) is 20.2. The molecular weight excluding hydrogens is 532 g/mol. The van der Waals surface area contributed by atoms with Crippen molar-refractivity contribution in [2.24, 2.45) is 0 Å². The second kappa shape index (κ2) is 10.8. The van der Waals surface area contributed by atoms with Crippen LogP contribution in [0.3, 0.4) is 0 Å². The lowest BCUT2D eigenvalue weighted by molar-refractivity contribution is 0.262. The second-order valence-corrected chi connectivity index (χ2v) is 10.9. The molecule has 0 bridgehead atoms. The van der Waals surface area contributed by atoms with Crippen LogP contribution in [-0.2, 0) is 11.8 Å². The molecule has 0 spiro atoms. The Labute approximate surface area is 242 Å².